The SMILES string of the molecule is c1ccc(N[n+]2cnn(-c3ccccc3)c2)cc1. The molecule has 88 valence electrons. The minimum atomic E-state index is 1.02. The van der Waals surface area contributed by atoms with E-state index in [0.29, 0.717) is 0 Å². The van der Waals surface area contributed by atoms with Gasteiger partial charge in [0.25, 0.3) is 12.7 Å². The number of nitrogens with zero attached hydrogens (tertiary/aromatic N) is 3. The van der Waals surface area contributed by atoms with E-state index in [1.807, 2.05) is 76.3 Å². The standard InChI is InChI=1S/C14H13N4/c1-3-7-13(8-4-1)16-17-11-15-18(12-17)14-9-5-2-6-10-14/h1-12,16H/q+1. The molecule has 0 aliphatic rings. The maximum Gasteiger partial charge on any atom is 0.287 e. The van der Waals surface area contributed by atoms with Gasteiger partial charge >= 0.3 is 0 Å². The summed E-state index contributed by atoms with van der Waals surface area (Å²) < 4.78 is 3.64. The normalized spacial score (nSPS) is 10.2. The number of rotatable bonds is 3. The zero-order valence-corrected chi connectivity index (χ0v) is 9.77. The largest absolute Gasteiger partial charge is 0.287 e. The maximum absolute atomic E-state index is 4.30. The molecule has 2 aromatic carbocycles. The highest BCUT2D eigenvalue weighted by Gasteiger charge is 2.07. The molecule has 0 amide bonds. The Kier molecular flexibility index (Phi) is 2.75. The minimum absolute atomic E-state index is 1.02. The molecular weight excluding hydrogens is 224 g/mol. The summed E-state index contributed by atoms with van der Waals surface area (Å²) in [4.78, 5) is 0. The monoisotopic (exact) mass is 237 g/mol. The maximum atomic E-state index is 4.30. The lowest BCUT2D eigenvalue weighted by molar-refractivity contribution is -0.643. The quantitative estimate of drug-likeness (QED) is 0.707. The van der Waals surface area contributed by atoms with Crippen LogP contribution in [0.4, 0.5) is 5.69 Å². The van der Waals surface area contributed by atoms with Gasteiger partial charge in [-0.25, -0.2) is 5.43 Å². The van der Waals surface area contributed by atoms with Gasteiger partial charge in [-0.3, -0.25) is 0 Å². The van der Waals surface area contributed by atoms with E-state index in [-0.39, 0.29) is 0 Å². The van der Waals surface area contributed by atoms with Crippen LogP contribution < -0.4 is 10.1 Å². The van der Waals surface area contributed by atoms with Gasteiger partial charge in [0.1, 0.15) is 5.69 Å². The molecule has 0 fully saturated rings. The van der Waals surface area contributed by atoms with Gasteiger partial charge in [-0.15, -0.1) is 4.68 Å². The van der Waals surface area contributed by atoms with Crippen LogP contribution in [0, 0.1) is 0 Å². The molecule has 0 saturated carbocycles. The van der Waals surface area contributed by atoms with Crippen LogP contribution in [0.5, 0.6) is 0 Å². The van der Waals surface area contributed by atoms with Crippen molar-refractivity contribution >= 4 is 5.69 Å². The van der Waals surface area contributed by atoms with Gasteiger partial charge in [0.05, 0.1) is 5.69 Å². The van der Waals surface area contributed by atoms with E-state index >= 15 is 0 Å². The van der Waals surface area contributed by atoms with Crippen LogP contribution in [-0.2, 0) is 0 Å². The molecule has 0 saturated heterocycles. The Morgan fingerprint density at radius 3 is 2.28 bits per heavy atom. The fourth-order valence-corrected chi connectivity index (χ4v) is 1.72. The van der Waals surface area contributed by atoms with E-state index in [1.165, 1.54) is 0 Å². The molecule has 0 bridgehead atoms. The fourth-order valence-electron chi connectivity index (χ4n) is 1.72. The number of aromatic nitrogens is 3. The van der Waals surface area contributed by atoms with Crippen LogP contribution >= 0.6 is 0 Å². The molecule has 0 spiro atoms. The molecule has 0 aliphatic carbocycles. The summed E-state index contributed by atoms with van der Waals surface area (Å²) in [6, 6.07) is 20.0. The molecule has 18 heavy (non-hydrogen) atoms. The third-order valence-electron chi connectivity index (χ3n) is 2.59. The summed E-state index contributed by atoms with van der Waals surface area (Å²) in [6.07, 6.45) is 3.63. The van der Waals surface area contributed by atoms with Crippen LogP contribution in [0.3, 0.4) is 0 Å². The van der Waals surface area contributed by atoms with Crippen LogP contribution in [0.25, 0.3) is 5.69 Å². The average molecular weight is 237 g/mol. The highest BCUT2D eigenvalue weighted by molar-refractivity contribution is 5.39. The first-order chi connectivity index (χ1) is 8.92. The second-order valence-corrected chi connectivity index (χ2v) is 3.91. The van der Waals surface area contributed by atoms with E-state index < -0.39 is 0 Å². The number of hydrogen-bond acceptors (Lipinski definition) is 2. The Labute approximate surface area is 105 Å². The Morgan fingerprint density at radius 2 is 1.56 bits per heavy atom. The fraction of sp³-hybridized carbons (Fsp3) is 0. The van der Waals surface area contributed by atoms with Gasteiger partial charge in [0, 0.05) is 5.10 Å². The lowest BCUT2D eigenvalue weighted by Crippen LogP contribution is -2.40. The van der Waals surface area contributed by atoms with Crippen molar-refractivity contribution in [3.8, 4) is 5.69 Å². The van der Waals surface area contributed by atoms with Crippen molar-refractivity contribution in [2.75, 3.05) is 5.43 Å². The van der Waals surface area contributed by atoms with E-state index in [1.54, 1.807) is 6.33 Å². The van der Waals surface area contributed by atoms with Crippen LogP contribution in [0.2, 0.25) is 0 Å². The van der Waals surface area contributed by atoms with Crippen molar-refractivity contribution in [3.63, 3.8) is 0 Å². The van der Waals surface area contributed by atoms with Gasteiger partial charge in [-0.05, 0) is 24.3 Å². The van der Waals surface area contributed by atoms with Crippen LogP contribution in [0.15, 0.2) is 73.3 Å². The topological polar surface area (TPSA) is 33.7 Å². The smallest absolute Gasteiger partial charge is 0.245 e. The second-order valence-electron chi connectivity index (χ2n) is 3.91. The zero-order chi connectivity index (χ0) is 12.2. The van der Waals surface area contributed by atoms with E-state index in [4.69, 9.17) is 0 Å². The van der Waals surface area contributed by atoms with E-state index in [2.05, 4.69) is 10.5 Å². The van der Waals surface area contributed by atoms with E-state index in [9.17, 15) is 0 Å². The Hall–Kier alpha value is -2.62. The summed E-state index contributed by atoms with van der Waals surface area (Å²) in [5, 5.41) is 4.30. The number of para-hydroxylation sites is 2. The first-order valence-corrected chi connectivity index (χ1v) is 5.75. The predicted octanol–water partition coefficient (Wildman–Crippen LogP) is 2.03. The van der Waals surface area contributed by atoms with E-state index in [0.717, 1.165) is 11.4 Å². The molecule has 1 heterocycles. The van der Waals surface area contributed by atoms with Crippen LogP contribution in [-0.4, -0.2) is 9.78 Å². The second kappa shape index (κ2) is 4.71. The van der Waals surface area contributed by atoms with Gasteiger partial charge in [-0.1, -0.05) is 41.1 Å². The van der Waals surface area contributed by atoms with Crippen molar-refractivity contribution < 1.29 is 4.68 Å². The highest BCUT2D eigenvalue weighted by Crippen LogP contribution is 2.04. The molecule has 4 nitrogen and oxygen atoms in total. The third-order valence-corrected chi connectivity index (χ3v) is 2.59. The number of benzene rings is 2. The lowest BCUT2D eigenvalue weighted by Gasteiger charge is -1.99. The zero-order valence-electron chi connectivity index (χ0n) is 9.77. The Balaban J connectivity index is 1.82. The van der Waals surface area contributed by atoms with Gasteiger partial charge in [-0.2, -0.15) is 0 Å². The minimum Gasteiger partial charge on any atom is -0.245 e. The molecule has 0 atom stereocenters. The molecule has 0 aliphatic heterocycles. The molecule has 0 radical (unpaired) electrons. The molecule has 3 rings (SSSR count). The summed E-state index contributed by atoms with van der Waals surface area (Å²) >= 11 is 0. The summed E-state index contributed by atoms with van der Waals surface area (Å²) in [7, 11) is 0. The molecule has 0 unspecified atom stereocenters. The number of hydrogen-bond donors (Lipinski definition) is 1. The first kappa shape index (κ1) is 10.5. The number of anilines is 1. The van der Waals surface area contributed by atoms with Crippen molar-refractivity contribution in [1.82, 2.24) is 9.78 Å². The average Bonchev–Trinajstić information content (AvgIpc) is 2.89. The molecule has 3 aromatic rings. The molecule has 1 aromatic heterocycles. The van der Waals surface area contributed by atoms with Crippen LogP contribution in [0.1, 0.15) is 0 Å². The first-order valence-electron chi connectivity index (χ1n) is 5.75. The molecular formula is C14H13N4+. The van der Waals surface area contributed by atoms with Gasteiger partial charge in [0.15, 0.2) is 0 Å². The van der Waals surface area contributed by atoms with Gasteiger partial charge < -0.3 is 0 Å². The lowest BCUT2D eigenvalue weighted by atomic mass is 10.3. The predicted molar refractivity (Wildman–Crippen MR) is 69.2 cm³/mol. The Bertz CT molecular complexity index is 617. The van der Waals surface area contributed by atoms with Crippen molar-refractivity contribution in [3.05, 3.63) is 73.3 Å². The third kappa shape index (κ3) is 2.22. The summed E-state index contributed by atoms with van der Waals surface area (Å²) in [6.45, 7) is 0. The molecule has 1 N–H and O–H groups in total. The van der Waals surface area contributed by atoms with Crippen molar-refractivity contribution in [2.24, 2.45) is 0 Å². The van der Waals surface area contributed by atoms with Crippen molar-refractivity contribution in [1.29, 1.82) is 0 Å². The highest BCUT2D eigenvalue weighted by atomic mass is 15.5. The molecule has 4 heteroatoms. The summed E-state index contributed by atoms with van der Waals surface area (Å²) in [5.74, 6) is 0. The Morgan fingerprint density at radius 1 is 0.889 bits per heavy atom. The summed E-state index contributed by atoms with van der Waals surface area (Å²) in [5.41, 5.74) is 5.28. The van der Waals surface area contributed by atoms with Gasteiger partial charge in [0.2, 0.25) is 0 Å². The number of nitrogens with one attached hydrogen (secondary N) is 1. The van der Waals surface area contributed by atoms with Crippen molar-refractivity contribution in [2.45, 2.75) is 0 Å².